The zero-order valence-corrected chi connectivity index (χ0v) is 28.1. The smallest absolute Gasteiger partial charge is 0.870 e. The van der Waals surface area contributed by atoms with Gasteiger partial charge < -0.3 is 35.0 Å². The van der Waals surface area contributed by atoms with E-state index in [0.29, 0.717) is 21.3 Å². The van der Waals surface area contributed by atoms with E-state index in [9.17, 15) is 29.4 Å². The Balaban J connectivity index is 0.000000411. The molecule has 0 saturated heterocycles. The molecule has 0 fully saturated rings. The Hall–Kier alpha value is -3.20. The summed E-state index contributed by atoms with van der Waals surface area (Å²) in [5, 5.41) is 29.8. The van der Waals surface area contributed by atoms with Gasteiger partial charge in [-0.3, -0.25) is 19.2 Å². The molecule has 0 spiro atoms. The number of carbonyl (C=O) groups excluding carboxylic acids is 3. The van der Waals surface area contributed by atoms with E-state index in [0.717, 1.165) is 20.2 Å². The monoisotopic (exact) mass is 642 g/mol. The molecule has 0 saturated carbocycles. The zero-order valence-electron chi connectivity index (χ0n) is 24.5. The molecular weight excluding hydrogens is 611 g/mol. The number of phenols is 2. The van der Waals surface area contributed by atoms with Crippen molar-refractivity contribution in [2.24, 2.45) is 11.8 Å². The molecule has 0 radical (unpaired) electrons. The summed E-state index contributed by atoms with van der Waals surface area (Å²) in [6, 6.07) is 9.82. The molecule has 2 atom stereocenters. The van der Waals surface area contributed by atoms with E-state index in [1.165, 1.54) is 57.0 Å². The van der Waals surface area contributed by atoms with Crippen LogP contribution < -0.4 is 39.0 Å². The van der Waals surface area contributed by atoms with Crippen molar-refractivity contribution < 1.29 is 83.7 Å². The molecular formula is C29H31NaO11S2. The molecule has 0 bridgehead atoms. The van der Waals surface area contributed by atoms with Crippen LogP contribution in [0.25, 0.3) is 20.2 Å². The molecule has 2 heterocycles. The number of rotatable bonds is 10. The Morgan fingerprint density at radius 3 is 1.47 bits per heavy atom. The summed E-state index contributed by atoms with van der Waals surface area (Å²) in [4.78, 5) is 47.4. The van der Waals surface area contributed by atoms with Gasteiger partial charge in [-0.2, -0.15) is 0 Å². The second-order valence-corrected chi connectivity index (χ2v) is 11.4. The maximum atomic E-state index is 12.2. The summed E-state index contributed by atoms with van der Waals surface area (Å²) < 4.78 is 16.3. The summed E-state index contributed by atoms with van der Waals surface area (Å²) in [6.07, 6.45) is 0.0634. The number of carboxylic acid groups (broad SMARTS) is 1. The fourth-order valence-electron chi connectivity index (χ4n) is 3.84. The van der Waals surface area contributed by atoms with Crippen molar-refractivity contribution in [3.8, 4) is 23.0 Å². The van der Waals surface area contributed by atoms with E-state index in [4.69, 9.17) is 14.6 Å². The molecule has 43 heavy (non-hydrogen) atoms. The maximum absolute atomic E-state index is 12.2. The molecule has 0 aliphatic rings. The number of benzene rings is 2. The third kappa shape index (κ3) is 9.39. The molecule has 4 rings (SSSR count). The van der Waals surface area contributed by atoms with Crippen LogP contribution in [0.3, 0.4) is 0 Å². The molecule has 0 unspecified atom stereocenters. The fraction of sp³-hybridized carbons (Fsp3) is 0.310. The van der Waals surface area contributed by atoms with Gasteiger partial charge in [-0.05, 0) is 35.0 Å². The molecule has 4 N–H and O–H groups in total. The van der Waals surface area contributed by atoms with Crippen LogP contribution in [0.15, 0.2) is 36.4 Å². The number of hydrogen-bond donors (Lipinski definition) is 3. The molecule has 14 heteroatoms. The first-order chi connectivity index (χ1) is 19.4. The van der Waals surface area contributed by atoms with E-state index >= 15 is 0 Å². The SMILES string of the molecule is COC(=O)[C@@H](C)CC(=O)c1cc2cc(O)c(OC)cc2s1.COc1cc2sc(C(=O)C[C@H](C)C(=O)O)cc2cc1O.[Na+].[OH-]. The third-order valence-electron chi connectivity index (χ3n) is 6.19. The van der Waals surface area contributed by atoms with Crippen LogP contribution in [0, 0.1) is 11.8 Å². The Morgan fingerprint density at radius 1 is 0.721 bits per heavy atom. The molecule has 2 aromatic carbocycles. The number of esters is 1. The van der Waals surface area contributed by atoms with Crippen LogP contribution in [-0.2, 0) is 14.3 Å². The standard InChI is InChI=1S/C15H16O5S.C14H14O5S.Na.H2O/c1-8(15(18)20-3)4-11(17)14-6-9-5-10(16)12(19-2)7-13(9)21-14;1-7(14(17)18)3-10(16)13-5-8-4-9(15)11(19-2)6-12(8)20-13;;/h5-8,16H,4H2,1-3H3;4-7,15H,3H2,1-2H3,(H,17,18);;1H2/q;;+1;/p-1/t8-;7-;;/m00../s1. The average Bonchev–Trinajstić information content (AvgIpc) is 3.55. The number of methoxy groups -OCH3 is 3. The van der Waals surface area contributed by atoms with Crippen molar-refractivity contribution in [3.63, 3.8) is 0 Å². The van der Waals surface area contributed by atoms with Gasteiger partial charge in [0.25, 0.3) is 0 Å². The number of Topliss-reactive ketones (excluding diaryl/α,β-unsaturated/α-hetero) is 2. The first-order valence-electron chi connectivity index (χ1n) is 12.4. The molecule has 226 valence electrons. The predicted molar refractivity (Wildman–Crippen MR) is 158 cm³/mol. The summed E-state index contributed by atoms with van der Waals surface area (Å²) in [5.74, 6) is -2.15. The summed E-state index contributed by atoms with van der Waals surface area (Å²) in [7, 11) is 4.23. The Labute approximate surface area is 277 Å². The molecule has 11 nitrogen and oxygen atoms in total. The Kier molecular flexibility index (Phi) is 14.6. The predicted octanol–water partition coefficient (Wildman–Crippen LogP) is 2.73. The number of hydrogen-bond acceptors (Lipinski definition) is 12. The van der Waals surface area contributed by atoms with E-state index in [-0.39, 0.29) is 70.9 Å². The molecule has 2 aromatic heterocycles. The van der Waals surface area contributed by atoms with Gasteiger partial charge in [-0.1, -0.05) is 13.8 Å². The van der Waals surface area contributed by atoms with Gasteiger partial charge in [-0.25, -0.2) is 0 Å². The van der Waals surface area contributed by atoms with Crippen molar-refractivity contribution in [1.82, 2.24) is 0 Å². The number of carbonyl (C=O) groups is 4. The number of carboxylic acids is 1. The first-order valence-corrected chi connectivity index (χ1v) is 14.0. The minimum absolute atomic E-state index is 0. The number of ketones is 2. The third-order valence-corrected chi connectivity index (χ3v) is 8.47. The van der Waals surface area contributed by atoms with Gasteiger partial charge in [0.05, 0.1) is 42.9 Å². The van der Waals surface area contributed by atoms with Crippen LogP contribution >= 0.6 is 22.7 Å². The maximum Gasteiger partial charge on any atom is 1.00 e. The van der Waals surface area contributed by atoms with Gasteiger partial charge in [-0.15, -0.1) is 22.7 Å². The number of thiophene rings is 2. The van der Waals surface area contributed by atoms with Crippen LogP contribution in [0.2, 0.25) is 0 Å². The summed E-state index contributed by atoms with van der Waals surface area (Å²) >= 11 is 2.58. The van der Waals surface area contributed by atoms with Crippen LogP contribution in [0.5, 0.6) is 23.0 Å². The quantitative estimate of drug-likeness (QED) is 0.131. The van der Waals surface area contributed by atoms with Gasteiger partial charge in [0.15, 0.2) is 34.6 Å². The minimum Gasteiger partial charge on any atom is -0.870 e. The summed E-state index contributed by atoms with van der Waals surface area (Å²) in [5.41, 5.74) is 0. The van der Waals surface area contributed by atoms with Gasteiger partial charge in [0.1, 0.15) is 0 Å². The van der Waals surface area contributed by atoms with Gasteiger partial charge in [0, 0.05) is 34.4 Å². The number of aromatic hydroxyl groups is 2. The van der Waals surface area contributed by atoms with Crippen molar-refractivity contribution >= 4 is 66.4 Å². The number of phenolic OH excluding ortho intramolecular Hbond substituents is 2. The molecule has 4 aromatic rings. The average molecular weight is 643 g/mol. The van der Waals surface area contributed by atoms with Crippen LogP contribution in [0.1, 0.15) is 46.0 Å². The van der Waals surface area contributed by atoms with Crippen LogP contribution in [0.4, 0.5) is 0 Å². The number of fused-ring (bicyclic) bond motifs is 2. The molecule has 0 amide bonds. The van der Waals surface area contributed by atoms with Crippen LogP contribution in [-0.4, -0.2) is 65.6 Å². The summed E-state index contributed by atoms with van der Waals surface area (Å²) in [6.45, 7) is 3.16. The topological polar surface area (TPSA) is 187 Å². The van der Waals surface area contributed by atoms with Crippen molar-refractivity contribution in [2.45, 2.75) is 26.7 Å². The molecule has 0 aliphatic carbocycles. The largest absolute Gasteiger partial charge is 1.00 e. The first kappa shape index (κ1) is 37.8. The van der Waals surface area contributed by atoms with Gasteiger partial charge in [0.2, 0.25) is 0 Å². The van der Waals surface area contributed by atoms with Crippen molar-refractivity contribution in [3.05, 3.63) is 46.2 Å². The van der Waals surface area contributed by atoms with Gasteiger partial charge >= 0.3 is 41.5 Å². The Bertz CT molecular complexity index is 1610. The minimum atomic E-state index is -0.987. The van der Waals surface area contributed by atoms with Crippen molar-refractivity contribution in [1.29, 1.82) is 0 Å². The normalized spacial score (nSPS) is 11.7. The van der Waals surface area contributed by atoms with E-state index < -0.39 is 23.8 Å². The fourth-order valence-corrected chi connectivity index (χ4v) is 5.89. The molecule has 0 aliphatic heterocycles. The van der Waals surface area contributed by atoms with E-state index in [1.54, 1.807) is 37.3 Å². The van der Waals surface area contributed by atoms with Crippen molar-refractivity contribution in [2.75, 3.05) is 21.3 Å². The number of ether oxygens (including phenoxy) is 3. The van der Waals surface area contributed by atoms with E-state index in [2.05, 4.69) is 4.74 Å². The second kappa shape index (κ2) is 16.6. The zero-order chi connectivity index (χ0) is 30.4. The second-order valence-electron chi connectivity index (χ2n) is 9.26. The number of aliphatic carboxylic acids is 1. The van der Waals surface area contributed by atoms with E-state index in [1.807, 2.05) is 0 Å². The Morgan fingerprint density at radius 2 is 1.12 bits per heavy atom.